The second-order valence-electron chi connectivity index (χ2n) is 5.89. The van der Waals surface area contributed by atoms with E-state index in [-0.39, 0.29) is 17.5 Å². The van der Waals surface area contributed by atoms with Crippen molar-refractivity contribution in [1.29, 1.82) is 5.26 Å². The summed E-state index contributed by atoms with van der Waals surface area (Å²) in [4.78, 5) is 16.5. The van der Waals surface area contributed by atoms with E-state index in [0.29, 0.717) is 19.6 Å². The maximum absolute atomic E-state index is 12.5. The number of nitrogens with one attached hydrogen (secondary N) is 1. The SMILES string of the molecule is CC(N/C=C(/C#N)C(=O)N1CCN(CCN)CC1)c1ccccc1. The van der Waals surface area contributed by atoms with E-state index in [9.17, 15) is 10.1 Å². The molecule has 1 fully saturated rings. The van der Waals surface area contributed by atoms with Crippen LogP contribution in [0.3, 0.4) is 0 Å². The summed E-state index contributed by atoms with van der Waals surface area (Å²) < 4.78 is 0. The Morgan fingerprint density at radius 1 is 1.33 bits per heavy atom. The van der Waals surface area contributed by atoms with E-state index < -0.39 is 0 Å². The molecule has 1 heterocycles. The Kier molecular flexibility index (Phi) is 6.79. The van der Waals surface area contributed by atoms with Crippen LogP contribution in [0.2, 0.25) is 0 Å². The Bertz CT molecular complexity index is 600. The average Bonchev–Trinajstić information content (AvgIpc) is 2.63. The fraction of sp³-hybridized carbons (Fsp3) is 0.444. The summed E-state index contributed by atoms with van der Waals surface area (Å²) in [6.45, 7) is 6.33. The van der Waals surface area contributed by atoms with Gasteiger partial charge in [-0.15, -0.1) is 0 Å². The smallest absolute Gasteiger partial charge is 0.266 e. The third kappa shape index (κ3) is 4.82. The summed E-state index contributed by atoms with van der Waals surface area (Å²) in [5, 5.41) is 12.5. The molecular weight excluding hydrogens is 302 g/mol. The molecular formula is C18H25N5O. The van der Waals surface area contributed by atoms with E-state index in [1.54, 1.807) is 4.90 Å². The lowest BCUT2D eigenvalue weighted by Gasteiger charge is -2.34. The van der Waals surface area contributed by atoms with E-state index in [1.807, 2.05) is 43.3 Å². The topological polar surface area (TPSA) is 85.4 Å². The van der Waals surface area contributed by atoms with Crippen molar-refractivity contribution in [3.8, 4) is 6.07 Å². The first-order valence-corrected chi connectivity index (χ1v) is 8.28. The van der Waals surface area contributed by atoms with Crippen LogP contribution >= 0.6 is 0 Å². The molecule has 3 N–H and O–H groups in total. The molecule has 1 amide bonds. The summed E-state index contributed by atoms with van der Waals surface area (Å²) in [5.74, 6) is -0.210. The molecule has 0 saturated carbocycles. The highest BCUT2D eigenvalue weighted by Gasteiger charge is 2.23. The molecule has 1 aliphatic heterocycles. The van der Waals surface area contributed by atoms with Gasteiger partial charge in [-0.05, 0) is 12.5 Å². The first-order chi connectivity index (χ1) is 11.7. The van der Waals surface area contributed by atoms with Gasteiger partial charge in [0.1, 0.15) is 11.6 Å². The standard InChI is InChI=1S/C18H25N5O/c1-15(16-5-3-2-4-6-16)21-14-17(13-20)18(24)23-11-9-22(8-7-19)10-12-23/h2-6,14-15,21H,7-12,19H2,1H3/b17-14-. The van der Waals surface area contributed by atoms with E-state index in [1.165, 1.54) is 6.20 Å². The van der Waals surface area contributed by atoms with Gasteiger partial charge < -0.3 is 16.0 Å². The van der Waals surface area contributed by atoms with Crippen LogP contribution in [-0.2, 0) is 4.79 Å². The first-order valence-electron chi connectivity index (χ1n) is 8.28. The maximum Gasteiger partial charge on any atom is 0.266 e. The molecule has 128 valence electrons. The van der Waals surface area contributed by atoms with Crippen LogP contribution in [0.1, 0.15) is 18.5 Å². The third-order valence-corrected chi connectivity index (χ3v) is 4.23. The molecule has 1 aromatic rings. The molecule has 1 saturated heterocycles. The molecule has 0 radical (unpaired) electrons. The number of carbonyl (C=O) groups is 1. The minimum absolute atomic E-state index is 0.0313. The Morgan fingerprint density at radius 3 is 2.58 bits per heavy atom. The Balaban J connectivity index is 1.93. The van der Waals surface area contributed by atoms with E-state index in [2.05, 4.69) is 10.2 Å². The van der Waals surface area contributed by atoms with Crippen molar-refractivity contribution in [3.05, 3.63) is 47.7 Å². The second kappa shape index (κ2) is 9.06. The highest BCUT2D eigenvalue weighted by molar-refractivity contribution is 5.97. The van der Waals surface area contributed by atoms with Gasteiger partial charge in [0.2, 0.25) is 0 Å². The van der Waals surface area contributed by atoms with Crippen LogP contribution in [-0.4, -0.2) is 55.0 Å². The number of carbonyl (C=O) groups excluding carboxylic acids is 1. The predicted octanol–water partition coefficient (Wildman–Crippen LogP) is 0.848. The Hall–Kier alpha value is -2.36. The minimum Gasteiger partial charge on any atom is -0.383 e. The van der Waals surface area contributed by atoms with Crippen molar-refractivity contribution in [2.45, 2.75) is 13.0 Å². The lowest BCUT2D eigenvalue weighted by atomic mass is 10.1. The van der Waals surface area contributed by atoms with Crippen LogP contribution < -0.4 is 11.1 Å². The maximum atomic E-state index is 12.5. The molecule has 1 aromatic carbocycles. The number of hydrogen-bond acceptors (Lipinski definition) is 5. The lowest BCUT2D eigenvalue weighted by molar-refractivity contribution is -0.128. The van der Waals surface area contributed by atoms with E-state index >= 15 is 0 Å². The zero-order chi connectivity index (χ0) is 17.4. The molecule has 6 heteroatoms. The second-order valence-corrected chi connectivity index (χ2v) is 5.89. The summed E-state index contributed by atoms with van der Waals surface area (Å²) in [7, 11) is 0. The number of nitrogens with zero attached hydrogens (tertiary/aromatic N) is 3. The molecule has 2 rings (SSSR count). The van der Waals surface area contributed by atoms with Crippen molar-refractivity contribution >= 4 is 5.91 Å². The van der Waals surface area contributed by atoms with Crippen LogP contribution in [0.15, 0.2) is 42.1 Å². The number of nitrogens with two attached hydrogens (primary N) is 1. The number of rotatable bonds is 6. The van der Waals surface area contributed by atoms with Gasteiger partial charge in [0.05, 0.1) is 0 Å². The normalized spacial score (nSPS) is 17.2. The van der Waals surface area contributed by atoms with Gasteiger partial charge in [-0.25, -0.2) is 0 Å². The van der Waals surface area contributed by atoms with Gasteiger partial charge in [-0.1, -0.05) is 30.3 Å². The van der Waals surface area contributed by atoms with Gasteiger partial charge in [-0.3, -0.25) is 9.69 Å². The predicted molar refractivity (Wildman–Crippen MR) is 93.8 cm³/mol. The van der Waals surface area contributed by atoms with Gasteiger partial charge in [-0.2, -0.15) is 5.26 Å². The molecule has 24 heavy (non-hydrogen) atoms. The zero-order valence-electron chi connectivity index (χ0n) is 14.1. The molecule has 0 aromatic heterocycles. The van der Waals surface area contributed by atoms with Crippen molar-refractivity contribution in [1.82, 2.24) is 15.1 Å². The summed E-state index contributed by atoms with van der Waals surface area (Å²) in [6.07, 6.45) is 1.53. The van der Waals surface area contributed by atoms with Crippen LogP contribution in [0, 0.1) is 11.3 Å². The number of piperazine rings is 1. The third-order valence-electron chi connectivity index (χ3n) is 4.23. The van der Waals surface area contributed by atoms with Crippen LogP contribution in [0.25, 0.3) is 0 Å². The first kappa shape index (κ1) is 18.0. The van der Waals surface area contributed by atoms with Crippen molar-refractivity contribution in [2.24, 2.45) is 5.73 Å². The van der Waals surface area contributed by atoms with Gasteiger partial charge in [0.15, 0.2) is 0 Å². The quantitative estimate of drug-likeness (QED) is 0.597. The number of benzene rings is 1. The zero-order valence-corrected chi connectivity index (χ0v) is 14.1. The fourth-order valence-corrected chi connectivity index (χ4v) is 2.72. The molecule has 0 spiro atoms. The molecule has 1 atom stereocenters. The molecule has 6 nitrogen and oxygen atoms in total. The largest absolute Gasteiger partial charge is 0.383 e. The van der Waals surface area contributed by atoms with Gasteiger partial charge in [0, 0.05) is 51.5 Å². The summed E-state index contributed by atoms with van der Waals surface area (Å²) >= 11 is 0. The van der Waals surface area contributed by atoms with Gasteiger partial charge >= 0.3 is 0 Å². The molecule has 0 aliphatic carbocycles. The highest BCUT2D eigenvalue weighted by atomic mass is 16.2. The fourth-order valence-electron chi connectivity index (χ4n) is 2.72. The molecule has 1 aliphatic rings. The van der Waals surface area contributed by atoms with Crippen molar-refractivity contribution < 1.29 is 4.79 Å². The minimum atomic E-state index is -0.210. The Labute approximate surface area is 143 Å². The summed E-state index contributed by atoms with van der Waals surface area (Å²) in [5.41, 5.74) is 6.81. The monoisotopic (exact) mass is 327 g/mol. The van der Waals surface area contributed by atoms with E-state index in [4.69, 9.17) is 5.73 Å². The van der Waals surface area contributed by atoms with Crippen molar-refractivity contribution in [2.75, 3.05) is 39.3 Å². The molecule has 1 unspecified atom stereocenters. The van der Waals surface area contributed by atoms with Crippen molar-refractivity contribution in [3.63, 3.8) is 0 Å². The number of amides is 1. The highest BCUT2D eigenvalue weighted by Crippen LogP contribution is 2.12. The Morgan fingerprint density at radius 2 is 2.00 bits per heavy atom. The van der Waals surface area contributed by atoms with Crippen LogP contribution in [0.5, 0.6) is 0 Å². The van der Waals surface area contributed by atoms with Gasteiger partial charge in [0.25, 0.3) is 5.91 Å². The lowest BCUT2D eigenvalue weighted by Crippen LogP contribution is -2.50. The average molecular weight is 327 g/mol. The van der Waals surface area contributed by atoms with Crippen LogP contribution in [0.4, 0.5) is 0 Å². The summed E-state index contributed by atoms with van der Waals surface area (Å²) in [6, 6.07) is 12.0. The van der Waals surface area contributed by atoms with E-state index in [0.717, 1.165) is 25.2 Å². The number of hydrogen-bond donors (Lipinski definition) is 2. The number of nitriles is 1. The molecule has 0 bridgehead atoms.